The Morgan fingerprint density at radius 3 is 2.68 bits per heavy atom. The van der Waals surface area contributed by atoms with E-state index in [9.17, 15) is 0 Å². The summed E-state index contributed by atoms with van der Waals surface area (Å²) in [5.74, 6) is 0.531. The zero-order chi connectivity index (χ0) is 19.5. The largest absolute Gasteiger partial charge is 0.330 e. The van der Waals surface area contributed by atoms with Gasteiger partial charge in [-0.2, -0.15) is 0 Å². The van der Waals surface area contributed by atoms with Crippen molar-refractivity contribution < 1.29 is 0 Å². The summed E-state index contributed by atoms with van der Waals surface area (Å²) in [6.45, 7) is 5.99. The molecule has 1 aromatic carbocycles. The van der Waals surface area contributed by atoms with Crippen LogP contribution in [0, 0.1) is 3.95 Å². The first-order chi connectivity index (χ1) is 13.6. The molecule has 0 spiro atoms. The quantitative estimate of drug-likeness (QED) is 0.492. The number of nitrogens with zero attached hydrogens (tertiary/aromatic N) is 4. The van der Waals surface area contributed by atoms with E-state index in [1.807, 2.05) is 23.1 Å². The van der Waals surface area contributed by atoms with Crippen LogP contribution in [0.1, 0.15) is 43.7 Å². The lowest BCUT2D eigenvalue weighted by Crippen LogP contribution is -2.28. The standard InChI is InChI=1S/C21H25N5S2/c1-15(2)17-5-7-18(8-6-17)23-20-24-26(21(27)28-20)14-25(19-9-10-19)13-16-4-3-11-22-12-16/h3-8,11-12,15,19H,9-10,13-14H2,1-2H3,(H,23,24). The number of anilines is 2. The molecule has 7 heteroatoms. The number of hydrogen-bond acceptors (Lipinski definition) is 6. The lowest BCUT2D eigenvalue weighted by Gasteiger charge is -2.21. The molecule has 0 unspecified atom stereocenters. The average Bonchev–Trinajstić information content (AvgIpc) is 3.48. The molecular formula is C21H25N5S2. The molecule has 0 amide bonds. The van der Waals surface area contributed by atoms with Crippen LogP contribution in [0.3, 0.4) is 0 Å². The van der Waals surface area contributed by atoms with Gasteiger partial charge in [0.2, 0.25) is 5.13 Å². The van der Waals surface area contributed by atoms with Gasteiger partial charge in [0.1, 0.15) is 0 Å². The van der Waals surface area contributed by atoms with Gasteiger partial charge >= 0.3 is 0 Å². The highest BCUT2D eigenvalue weighted by Gasteiger charge is 2.29. The van der Waals surface area contributed by atoms with Crippen LogP contribution in [-0.4, -0.2) is 25.7 Å². The number of benzene rings is 1. The van der Waals surface area contributed by atoms with Crippen molar-refractivity contribution in [2.45, 2.75) is 51.9 Å². The lowest BCUT2D eigenvalue weighted by molar-refractivity contribution is 0.187. The van der Waals surface area contributed by atoms with E-state index in [1.54, 1.807) is 0 Å². The number of hydrogen-bond donors (Lipinski definition) is 1. The van der Waals surface area contributed by atoms with Crippen LogP contribution in [0.4, 0.5) is 10.8 Å². The first-order valence-electron chi connectivity index (χ1n) is 9.66. The molecule has 0 saturated heterocycles. The van der Waals surface area contributed by atoms with Gasteiger partial charge in [-0.15, -0.1) is 5.10 Å². The molecule has 2 aromatic heterocycles. The summed E-state index contributed by atoms with van der Waals surface area (Å²) < 4.78 is 2.72. The molecule has 3 aromatic rings. The van der Waals surface area contributed by atoms with E-state index < -0.39 is 0 Å². The Morgan fingerprint density at radius 2 is 2.04 bits per heavy atom. The summed E-state index contributed by atoms with van der Waals surface area (Å²) in [6, 6.07) is 13.2. The van der Waals surface area contributed by atoms with Gasteiger partial charge in [-0.25, -0.2) is 4.68 Å². The number of nitrogens with one attached hydrogen (secondary N) is 1. The lowest BCUT2D eigenvalue weighted by atomic mass is 10.0. The Balaban J connectivity index is 1.45. The fourth-order valence-electron chi connectivity index (χ4n) is 3.15. The molecule has 146 valence electrons. The summed E-state index contributed by atoms with van der Waals surface area (Å²) in [5, 5.41) is 8.94. The highest BCUT2D eigenvalue weighted by molar-refractivity contribution is 7.73. The predicted molar refractivity (Wildman–Crippen MR) is 118 cm³/mol. The first kappa shape index (κ1) is 19.2. The zero-order valence-corrected chi connectivity index (χ0v) is 17.8. The van der Waals surface area contributed by atoms with Crippen molar-refractivity contribution in [3.8, 4) is 0 Å². The molecular weight excluding hydrogens is 386 g/mol. The van der Waals surface area contributed by atoms with Crippen molar-refractivity contribution >= 4 is 34.4 Å². The van der Waals surface area contributed by atoms with Crippen LogP contribution in [0.2, 0.25) is 0 Å². The van der Waals surface area contributed by atoms with Crippen LogP contribution in [0.15, 0.2) is 48.8 Å². The number of aromatic nitrogens is 3. The molecule has 1 saturated carbocycles. The second-order valence-electron chi connectivity index (χ2n) is 7.56. The summed E-state index contributed by atoms with van der Waals surface area (Å²) in [7, 11) is 0. The SMILES string of the molecule is CC(C)c1ccc(Nc2nn(CN(Cc3cccnc3)C3CC3)c(=S)s2)cc1. The molecule has 0 atom stereocenters. The second-order valence-corrected chi connectivity index (χ2v) is 9.18. The van der Waals surface area contributed by atoms with Gasteiger partial charge in [0.05, 0.1) is 6.67 Å². The van der Waals surface area contributed by atoms with E-state index in [0.29, 0.717) is 18.6 Å². The molecule has 5 nitrogen and oxygen atoms in total. The normalized spacial score (nSPS) is 14.0. The first-order valence-corrected chi connectivity index (χ1v) is 10.9. The van der Waals surface area contributed by atoms with Gasteiger partial charge in [-0.1, -0.05) is 43.4 Å². The molecule has 0 aliphatic heterocycles. The molecule has 2 heterocycles. The molecule has 4 rings (SSSR count). The fourth-order valence-corrected chi connectivity index (χ4v) is 4.17. The topological polar surface area (TPSA) is 46.0 Å². The Morgan fingerprint density at radius 1 is 1.25 bits per heavy atom. The molecule has 1 fully saturated rings. The third-order valence-corrected chi connectivity index (χ3v) is 6.15. The molecule has 1 aliphatic carbocycles. The third kappa shape index (κ3) is 4.84. The monoisotopic (exact) mass is 411 g/mol. The maximum atomic E-state index is 5.57. The fraction of sp³-hybridized carbons (Fsp3) is 0.381. The molecule has 28 heavy (non-hydrogen) atoms. The highest BCUT2D eigenvalue weighted by Crippen LogP contribution is 2.29. The summed E-state index contributed by atoms with van der Waals surface area (Å²) in [6.07, 6.45) is 6.23. The minimum atomic E-state index is 0.531. The van der Waals surface area contributed by atoms with E-state index >= 15 is 0 Å². The van der Waals surface area contributed by atoms with Gasteiger partial charge in [-0.3, -0.25) is 9.88 Å². The second kappa shape index (κ2) is 8.51. The van der Waals surface area contributed by atoms with Crippen LogP contribution < -0.4 is 5.32 Å². The van der Waals surface area contributed by atoms with Gasteiger partial charge in [0, 0.05) is 30.7 Å². The summed E-state index contributed by atoms with van der Waals surface area (Å²) in [5.41, 5.74) is 3.59. The average molecular weight is 412 g/mol. The highest BCUT2D eigenvalue weighted by atomic mass is 32.1. The van der Waals surface area contributed by atoms with Gasteiger partial charge in [-0.05, 0) is 60.3 Å². The minimum absolute atomic E-state index is 0.531. The molecule has 1 aliphatic rings. The Kier molecular flexibility index (Phi) is 5.85. The van der Waals surface area contributed by atoms with Crippen molar-refractivity contribution in [2.24, 2.45) is 0 Å². The predicted octanol–water partition coefficient (Wildman–Crippen LogP) is 5.56. The van der Waals surface area contributed by atoms with Gasteiger partial charge in [0.25, 0.3) is 0 Å². The van der Waals surface area contributed by atoms with Crippen molar-refractivity contribution in [3.63, 3.8) is 0 Å². The van der Waals surface area contributed by atoms with Crippen molar-refractivity contribution in [3.05, 3.63) is 63.9 Å². The Labute approximate surface area is 175 Å². The van der Waals surface area contributed by atoms with Crippen LogP contribution >= 0.6 is 23.6 Å². The van der Waals surface area contributed by atoms with Gasteiger partial charge in [0.15, 0.2) is 3.95 Å². The van der Waals surface area contributed by atoms with Crippen molar-refractivity contribution in [2.75, 3.05) is 5.32 Å². The molecule has 0 radical (unpaired) electrons. The van der Waals surface area contributed by atoms with E-state index in [0.717, 1.165) is 21.3 Å². The zero-order valence-electron chi connectivity index (χ0n) is 16.2. The van der Waals surface area contributed by atoms with E-state index in [4.69, 9.17) is 17.3 Å². The molecule has 1 N–H and O–H groups in total. The minimum Gasteiger partial charge on any atom is -0.330 e. The van der Waals surface area contributed by atoms with Crippen LogP contribution in [0.25, 0.3) is 0 Å². The summed E-state index contributed by atoms with van der Waals surface area (Å²) >= 11 is 7.09. The third-order valence-electron chi connectivity index (χ3n) is 4.92. The summed E-state index contributed by atoms with van der Waals surface area (Å²) in [4.78, 5) is 6.67. The number of pyridine rings is 1. The van der Waals surface area contributed by atoms with Crippen LogP contribution in [0.5, 0.6) is 0 Å². The number of rotatable bonds is 8. The van der Waals surface area contributed by atoms with Crippen molar-refractivity contribution in [1.82, 2.24) is 19.7 Å². The van der Waals surface area contributed by atoms with E-state index in [2.05, 4.69) is 59.4 Å². The van der Waals surface area contributed by atoms with Crippen molar-refractivity contribution in [1.29, 1.82) is 0 Å². The van der Waals surface area contributed by atoms with E-state index in [1.165, 1.54) is 35.3 Å². The maximum Gasteiger partial charge on any atom is 0.209 e. The molecule has 0 bridgehead atoms. The van der Waals surface area contributed by atoms with Crippen LogP contribution in [-0.2, 0) is 13.2 Å². The Bertz CT molecular complexity index is 958. The van der Waals surface area contributed by atoms with Gasteiger partial charge < -0.3 is 5.32 Å². The maximum absolute atomic E-state index is 5.57. The Hall–Kier alpha value is -2.09. The smallest absolute Gasteiger partial charge is 0.209 e. The van der Waals surface area contributed by atoms with E-state index in [-0.39, 0.29) is 0 Å².